The normalized spacial score (nSPS) is 14.6. The summed E-state index contributed by atoms with van der Waals surface area (Å²) in [6.45, 7) is 5.99. The van der Waals surface area contributed by atoms with Crippen LogP contribution in [0.2, 0.25) is 0 Å². The number of nitrogens with zero attached hydrogens (tertiary/aromatic N) is 2. The number of rotatable bonds is 6. The second-order valence-corrected chi connectivity index (χ2v) is 7.29. The van der Waals surface area contributed by atoms with Crippen LogP contribution in [0.5, 0.6) is 5.88 Å². The maximum Gasteiger partial charge on any atom is 0.258 e. The van der Waals surface area contributed by atoms with E-state index in [-0.39, 0.29) is 18.6 Å². The number of hydrogen-bond donors (Lipinski definition) is 2. The van der Waals surface area contributed by atoms with Gasteiger partial charge in [0.2, 0.25) is 11.8 Å². The molecule has 1 saturated carbocycles. The molecule has 1 fully saturated rings. The molecule has 144 valence electrons. The van der Waals surface area contributed by atoms with Crippen LogP contribution in [-0.2, 0) is 4.79 Å². The zero-order valence-electron chi connectivity index (χ0n) is 16.3. The Labute approximate surface area is 160 Å². The maximum atomic E-state index is 12.1. The first-order valence-corrected chi connectivity index (χ1v) is 9.62. The van der Waals surface area contributed by atoms with E-state index in [1.807, 2.05) is 13.0 Å². The molecule has 1 aliphatic carbocycles. The summed E-state index contributed by atoms with van der Waals surface area (Å²) in [5.41, 5.74) is 4.13. The van der Waals surface area contributed by atoms with Crippen LogP contribution in [0.4, 0.5) is 11.6 Å². The molecule has 6 heteroatoms. The third kappa shape index (κ3) is 5.67. The Bertz CT molecular complexity index is 801. The number of amides is 1. The first kappa shape index (κ1) is 19.1. The van der Waals surface area contributed by atoms with E-state index in [1.165, 1.54) is 30.4 Å². The van der Waals surface area contributed by atoms with Gasteiger partial charge in [-0.3, -0.25) is 4.79 Å². The SMILES string of the molecule is Cc1cc(OCC(=O)NC2CCCCC2)nc(Nc2ccc(C)c(C)c2)n1. The van der Waals surface area contributed by atoms with E-state index in [0.717, 1.165) is 24.2 Å². The second-order valence-electron chi connectivity index (χ2n) is 7.29. The lowest BCUT2D eigenvalue weighted by Gasteiger charge is -2.22. The van der Waals surface area contributed by atoms with Crippen molar-refractivity contribution in [1.29, 1.82) is 0 Å². The van der Waals surface area contributed by atoms with Crippen LogP contribution in [0, 0.1) is 20.8 Å². The number of benzene rings is 1. The van der Waals surface area contributed by atoms with Crippen molar-refractivity contribution in [1.82, 2.24) is 15.3 Å². The molecule has 0 aliphatic heterocycles. The van der Waals surface area contributed by atoms with Crippen LogP contribution in [-0.4, -0.2) is 28.5 Å². The minimum Gasteiger partial charge on any atom is -0.467 e. The highest BCUT2D eigenvalue weighted by Crippen LogP contribution is 2.20. The van der Waals surface area contributed by atoms with Crippen molar-refractivity contribution in [3.8, 4) is 5.88 Å². The monoisotopic (exact) mass is 368 g/mol. The topological polar surface area (TPSA) is 76.1 Å². The minimum atomic E-state index is -0.0955. The quantitative estimate of drug-likeness (QED) is 0.807. The number of hydrogen-bond acceptors (Lipinski definition) is 5. The lowest BCUT2D eigenvalue weighted by molar-refractivity contribution is -0.124. The first-order chi connectivity index (χ1) is 13.0. The fourth-order valence-electron chi connectivity index (χ4n) is 3.27. The molecule has 0 saturated heterocycles. The maximum absolute atomic E-state index is 12.1. The third-order valence-electron chi connectivity index (χ3n) is 4.92. The van der Waals surface area contributed by atoms with Gasteiger partial charge in [-0.05, 0) is 56.9 Å². The van der Waals surface area contributed by atoms with Crippen LogP contribution < -0.4 is 15.4 Å². The molecule has 1 aliphatic rings. The van der Waals surface area contributed by atoms with Gasteiger partial charge in [-0.2, -0.15) is 4.98 Å². The molecule has 2 N–H and O–H groups in total. The molecule has 3 rings (SSSR count). The molecule has 0 unspecified atom stereocenters. The summed E-state index contributed by atoms with van der Waals surface area (Å²) in [5.74, 6) is 0.760. The van der Waals surface area contributed by atoms with Gasteiger partial charge in [0.15, 0.2) is 6.61 Å². The average molecular weight is 368 g/mol. The van der Waals surface area contributed by atoms with Crippen molar-refractivity contribution in [3.05, 3.63) is 41.1 Å². The van der Waals surface area contributed by atoms with E-state index >= 15 is 0 Å². The fraction of sp³-hybridized carbons (Fsp3) is 0.476. The van der Waals surface area contributed by atoms with Crippen molar-refractivity contribution < 1.29 is 9.53 Å². The number of carbonyl (C=O) groups is 1. The second kappa shape index (κ2) is 8.84. The highest BCUT2D eigenvalue weighted by atomic mass is 16.5. The number of anilines is 2. The van der Waals surface area contributed by atoms with E-state index in [0.29, 0.717) is 11.8 Å². The number of nitrogens with one attached hydrogen (secondary N) is 2. The first-order valence-electron chi connectivity index (χ1n) is 9.62. The molecular weight excluding hydrogens is 340 g/mol. The van der Waals surface area contributed by atoms with Crippen LogP contribution in [0.25, 0.3) is 0 Å². The lowest BCUT2D eigenvalue weighted by atomic mass is 9.95. The van der Waals surface area contributed by atoms with Gasteiger partial charge in [0, 0.05) is 23.5 Å². The summed E-state index contributed by atoms with van der Waals surface area (Å²) in [5, 5.41) is 6.25. The molecule has 1 heterocycles. The molecule has 1 aromatic heterocycles. The minimum absolute atomic E-state index is 0.0317. The smallest absolute Gasteiger partial charge is 0.258 e. The highest BCUT2D eigenvalue weighted by Gasteiger charge is 2.16. The summed E-state index contributed by atoms with van der Waals surface area (Å²) in [6.07, 6.45) is 5.75. The van der Waals surface area contributed by atoms with Gasteiger partial charge in [-0.15, -0.1) is 0 Å². The molecule has 0 spiro atoms. The molecule has 1 aromatic carbocycles. The largest absolute Gasteiger partial charge is 0.467 e. The fourth-order valence-corrected chi connectivity index (χ4v) is 3.27. The van der Waals surface area contributed by atoms with Gasteiger partial charge in [-0.25, -0.2) is 4.98 Å². The summed E-state index contributed by atoms with van der Waals surface area (Å²) < 4.78 is 5.61. The van der Waals surface area contributed by atoms with Crippen molar-refractivity contribution in [3.63, 3.8) is 0 Å². The molecule has 0 bridgehead atoms. The molecule has 27 heavy (non-hydrogen) atoms. The number of ether oxygens (including phenoxy) is 1. The Kier molecular flexibility index (Phi) is 6.27. The van der Waals surface area contributed by atoms with E-state index in [2.05, 4.69) is 46.6 Å². The van der Waals surface area contributed by atoms with Gasteiger partial charge in [0.1, 0.15) is 0 Å². The van der Waals surface area contributed by atoms with E-state index in [9.17, 15) is 4.79 Å². The van der Waals surface area contributed by atoms with Gasteiger partial charge in [0.05, 0.1) is 0 Å². The zero-order chi connectivity index (χ0) is 19.2. The van der Waals surface area contributed by atoms with Gasteiger partial charge < -0.3 is 15.4 Å². The molecule has 0 atom stereocenters. The Balaban J connectivity index is 1.59. The summed E-state index contributed by atoms with van der Waals surface area (Å²) in [4.78, 5) is 20.9. The Morgan fingerprint density at radius 2 is 1.85 bits per heavy atom. The number of aromatic nitrogens is 2. The van der Waals surface area contributed by atoms with E-state index < -0.39 is 0 Å². The third-order valence-corrected chi connectivity index (χ3v) is 4.92. The van der Waals surface area contributed by atoms with E-state index in [4.69, 9.17) is 4.74 Å². The predicted molar refractivity (Wildman–Crippen MR) is 106 cm³/mol. The molecule has 6 nitrogen and oxygen atoms in total. The van der Waals surface area contributed by atoms with Gasteiger partial charge in [-0.1, -0.05) is 25.3 Å². The Morgan fingerprint density at radius 1 is 1.07 bits per heavy atom. The van der Waals surface area contributed by atoms with E-state index in [1.54, 1.807) is 6.07 Å². The van der Waals surface area contributed by atoms with Gasteiger partial charge in [0.25, 0.3) is 5.91 Å². The summed E-state index contributed by atoms with van der Waals surface area (Å²) in [7, 11) is 0. The molecule has 2 aromatic rings. The lowest BCUT2D eigenvalue weighted by Crippen LogP contribution is -2.39. The molecular formula is C21H28N4O2. The Morgan fingerprint density at radius 3 is 2.59 bits per heavy atom. The van der Waals surface area contributed by atoms with Crippen molar-refractivity contribution >= 4 is 17.5 Å². The van der Waals surface area contributed by atoms with Crippen LogP contribution in [0.15, 0.2) is 24.3 Å². The van der Waals surface area contributed by atoms with Crippen molar-refractivity contribution in [2.45, 2.75) is 58.9 Å². The van der Waals surface area contributed by atoms with Crippen molar-refractivity contribution in [2.75, 3.05) is 11.9 Å². The highest BCUT2D eigenvalue weighted by molar-refractivity contribution is 5.77. The molecule has 0 radical (unpaired) electrons. The summed E-state index contributed by atoms with van der Waals surface area (Å²) >= 11 is 0. The summed E-state index contributed by atoms with van der Waals surface area (Å²) in [6, 6.07) is 8.12. The van der Waals surface area contributed by atoms with Crippen LogP contribution >= 0.6 is 0 Å². The predicted octanol–water partition coefficient (Wildman–Crippen LogP) is 3.97. The molecule has 1 amide bonds. The zero-order valence-corrected chi connectivity index (χ0v) is 16.3. The number of carbonyl (C=O) groups excluding carboxylic acids is 1. The number of aryl methyl sites for hydroxylation is 3. The standard InChI is InChI=1S/C21H28N4O2/c1-14-9-10-18(11-15(14)2)24-21-22-16(3)12-20(25-21)27-13-19(26)23-17-7-5-4-6-8-17/h9-12,17H,4-8,13H2,1-3H3,(H,23,26)(H,22,24,25). The van der Waals surface area contributed by atoms with Crippen molar-refractivity contribution in [2.24, 2.45) is 0 Å². The van der Waals surface area contributed by atoms with Crippen LogP contribution in [0.1, 0.15) is 48.9 Å². The average Bonchev–Trinajstić information content (AvgIpc) is 2.63. The van der Waals surface area contributed by atoms with Crippen LogP contribution in [0.3, 0.4) is 0 Å². The van der Waals surface area contributed by atoms with Gasteiger partial charge >= 0.3 is 0 Å². The Hall–Kier alpha value is -2.63.